The maximum atomic E-state index is 3.56. The summed E-state index contributed by atoms with van der Waals surface area (Å²) in [5.74, 6) is 0. The maximum Gasteiger partial charge on any atom is 0.0463 e. The van der Waals surface area contributed by atoms with Crippen molar-refractivity contribution < 1.29 is 0 Å². The van der Waals surface area contributed by atoms with Crippen molar-refractivity contribution in [1.82, 2.24) is 0 Å². The molecule has 0 spiro atoms. The molecule has 0 unspecified atom stereocenters. The van der Waals surface area contributed by atoms with Crippen molar-refractivity contribution >= 4 is 45.5 Å². The summed E-state index contributed by atoms with van der Waals surface area (Å²) in [6.45, 7) is 20.0. The van der Waals surface area contributed by atoms with Gasteiger partial charge in [-0.25, -0.2) is 0 Å². The van der Waals surface area contributed by atoms with Crippen molar-refractivity contribution in [1.29, 1.82) is 0 Å². The first-order valence-corrected chi connectivity index (χ1v) is 20.6. The fraction of sp³-hybridized carbons (Fsp3) is 0.308. The largest absolute Gasteiger partial charge is 0.385 e. The molecule has 0 aliphatic carbocycles. The van der Waals surface area contributed by atoms with E-state index in [0.717, 1.165) is 71.4 Å². The molecule has 0 aliphatic heterocycles. The lowest BCUT2D eigenvalue weighted by Gasteiger charge is -2.28. The Balaban J connectivity index is 1.29. The van der Waals surface area contributed by atoms with Gasteiger partial charge in [-0.15, -0.1) is 0 Å². The van der Waals surface area contributed by atoms with Gasteiger partial charge in [-0.2, -0.15) is 0 Å². The number of hydrogen-bond acceptors (Lipinski definition) is 4. The van der Waals surface area contributed by atoms with Gasteiger partial charge in [-0.05, 0) is 143 Å². The van der Waals surface area contributed by atoms with Crippen LogP contribution in [0.2, 0.25) is 0 Å². The Morgan fingerprint density at radius 1 is 0.357 bits per heavy atom. The van der Waals surface area contributed by atoms with E-state index in [-0.39, 0.29) is 10.8 Å². The molecule has 2 N–H and O–H groups in total. The fourth-order valence-corrected chi connectivity index (χ4v) is 7.00. The van der Waals surface area contributed by atoms with Gasteiger partial charge in [0.2, 0.25) is 0 Å². The Bertz CT molecular complexity index is 1930. The van der Waals surface area contributed by atoms with Crippen LogP contribution in [0.1, 0.15) is 92.2 Å². The quantitative estimate of drug-likeness (QED) is 0.103. The minimum Gasteiger partial charge on any atom is -0.385 e. The van der Waals surface area contributed by atoms with E-state index < -0.39 is 0 Å². The van der Waals surface area contributed by atoms with E-state index in [2.05, 4.69) is 221 Å². The highest BCUT2D eigenvalue weighted by Crippen LogP contribution is 2.40. The molecule has 0 saturated carbocycles. The summed E-state index contributed by atoms with van der Waals surface area (Å²) in [7, 11) is 0. The van der Waals surface area contributed by atoms with Crippen LogP contribution < -0.4 is 20.4 Å². The number of benzene rings is 6. The monoisotopic (exact) mass is 742 g/mol. The van der Waals surface area contributed by atoms with Crippen molar-refractivity contribution in [2.45, 2.75) is 91.9 Å². The van der Waals surface area contributed by atoms with E-state index in [1.54, 1.807) is 0 Å². The third-order valence-corrected chi connectivity index (χ3v) is 10.5. The highest BCUT2D eigenvalue weighted by atomic mass is 15.1. The van der Waals surface area contributed by atoms with Gasteiger partial charge in [-0.1, -0.05) is 117 Å². The Morgan fingerprint density at radius 3 is 0.857 bits per heavy atom. The second-order valence-electron chi connectivity index (χ2n) is 17.0. The molecule has 4 nitrogen and oxygen atoms in total. The molecular formula is C52H62N4. The molecule has 0 radical (unpaired) electrons. The smallest absolute Gasteiger partial charge is 0.0463 e. The molecule has 0 aromatic heterocycles. The van der Waals surface area contributed by atoms with Gasteiger partial charge in [0.1, 0.15) is 0 Å². The Morgan fingerprint density at radius 2 is 0.607 bits per heavy atom. The summed E-state index contributed by atoms with van der Waals surface area (Å²) in [6, 6.07) is 53.7. The van der Waals surface area contributed by atoms with Crippen LogP contribution in [0.5, 0.6) is 0 Å². The van der Waals surface area contributed by atoms with Crippen LogP contribution in [0, 0.1) is 0 Å². The van der Waals surface area contributed by atoms with Gasteiger partial charge in [0.15, 0.2) is 0 Å². The third-order valence-electron chi connectivity index (χ3n) is 10.5. The second-order valence-corrected chi connectivity index (χ2v) is 17.0. The Hall–Kier alpha value is -5.48. The third kappa shape index (κ3) is 10.0. The Labute approximate surface area is 337 Å². The zero-order valence-corrected chi connectivity index (χ0v) is 35.0. The lowest BCUT2D eigenvalue weighted by atomic mass is 9.87. The van der Waals surface area contributed by atoms with E-state index in [4.69, 9.17) is 0 Å². The summed E-state index contributed by atoms with van der Waals surface area (Å²) in [6.07, 6.45) is 4.69. The molecule has 0 aliphatic rings. The molecule has 0 bridgehead atoms. The van der Waals surface area contributed by atoms with E-state index in [1.165, 1.54) is 35.1 Å². The summed E-state index contributed by atoms with van der Waals surface area (Å²) in [5, 5.41) is 7.13. The molecule has 0 saturated heterocycles. The molecule has 290 valence electrons. The van der Waals surface area contributed by atoms with Gasteiger partial charge in [0, 0.05) is 58.6 Å². The zero-order valence-electron chi connectivity index (χ0n) is 35.0. The van der Waals surface area contributed by atoms with Crippen molar-refractivity contribution in [2.75, 3.05) is 33.5 Å². The first-order chi connectivity index (χ1) is 26.9. The fourth-order valence-electron chi connectivity index (χ4n) is 7.00. The van der Waals surface area contributed by atoms with Crippen molar-refractivity contribution in [3.05, 3.63) is 157 Å². The van der Waals surface area contributed by atoms with Crippen LogP contribution in [0.3, 0.4) is 0 Å². The van der Waals surface area contributed by atoms with Crippen LogP contribution in [0.15, 0.2) is 146 Å². The second kappa shape index (κ2) is 18.0. The van der Waals surface area contributed by atoms with E-state index in [1.807, 2.05) is 0 Å². The van der Waals surface area contributed by atoms with Crippen LogP contribution in [0.4, 0.5) is 45.5 Å². The molecule has 0 fully saturated rings. The predicted molar refractivity (Wildman–Crippen MR) is 245 cm³/mol. The molecule has 56 heavy (non-hydrogen) atoms. The topological polar surface area (TPSA) is 30.5 Å². The number of nitrogens with zero attached hydrogens (tertiary/aromatic N) is 2. The highest BCUT2D eigenvalue weighted by Gasteiger charge is 2.19. The van der Waals surface area contributed by atoms with Crippen LogP contribution in [-0.2, 0) is 10.8 Å². The molecular weight excluding hydrogens is 681 g/mol. The van der Waals surface area contributed by atoms with E-state index in [9.17, 15) is 0 Å². The summed E-state index contributed by atoms with van der Waals surface area (Å²) in [5.41, 5.74) is 14.3. The van der Waals surface area contributed by atoms with Crippen molar-refractivity contribution in [3.63, 3.8) is 0 Å². The van der Waals surface area contributed by atoms with Crippen LogP contribution >= 0.6 is 0 Å². The highest BCUT2D eigenvalue weighted by molar-refractivity contribution is 5.81. The summed E-state index contributed by atoms with van der Waals surface area (Å²) < 4.78 is 0. The van der Waals surface area contributed by atoms with Gasteiger partial charge >= 0.3 is 0 Å². The molecule has 0 atom stereocenters. The minimum absolute atomic E-state index is 0.0935. The normalized spacial score (nSPS) is 11.6. The Kier molecular flexibility index (Phi) is 12.9. The molecule has 6 rings (SSSR count). The average molecular weight is 743 g/mol. The minimum atomic E-state index is 0.0935. The molecule has 4 heteroatoms. The van der Waals surface area contributed by atoms with Crippen molar-refractivity contribution in [3.8, 4) is 11.1 Å². The molecule has 0 heterocycles. The summed E-state index contributed by atoms with van der Waals surface area (Å²) in [4.78, 5) is 4.70. The first kappa shape index (κ1) is 40.2. The average Bonchev–Trinajstić information content (AvgIpc) is 3.20. The van der Waals surface area contributed by atoms with Gasteiger partial charge in [0.25, 0.3) is 0 Å². The standard InChI is InChI=1S/C52H62N4/c1-9-11-37-53-43-21-33-49(34-22-43)55(47-29-17-41(18-30-47)51(3,4)5)45-25-13-39(14-26-45)40-15-27-46(28-16-40)56(48-31-19-42(20-32-48)52(6,7)8)50-35-23-44(24-36-50)54-38-12-10-2/h13-36,53-54H,9-12,37-38H2,1-8H3. The number of hydrogen-bond donors (Lipinski definition) is 2. The SMILES string of the molecule is CCCCNc1ccc(N(c2ccc(-c3ccc(N(c4ccc(NCCCC)cc4)c4ccc(C(C)(C)C)cc4)cc3)cc2)c2ccc(C(C)(C)C)cc2)cc1. The van der Waals surface area contributed by atoms with Crippen molar-refractivity contribution in [2.24, 2.45) is 0 Å². The van der Waals surface area contributed by atoms with Crippen LogP contribution in [-0.4, -0.2) is 13.1 Å². The van der Waals surface area contributed by atoms with Crippen LogP contribution in [0.25, 0.3) is 11.1 Å². The first-order valence-electron chi connectivity index (χ1n) is 20.6. The molecule has 6 aromatic rings. The van der Waals surface area contributed by atoms with Gasteiger partial charge in [0.05, 0.1) is 0 Å². The summed E-state index contributed by atoms with van der Waals surface area (Å²) >= 11 is 0. The van der Waals surface area contributed by atoms with E-state index >= 15 is 0 Å². The predicted octanol–water partition coefficient (Wildman–Crippen LogP) is 15.3. The maximum absolute atomic E-state index is 3.56. The number of unbranched alkanes of at least 4 members (excludes halogenated alkanes) is 2. The number of nitrogens with one attached hydrogen (secondary N) is 2. The van der Waals surface area contributed by atoms with Gasteiger partial charge < -0.3 is 20.4 Å². The molecule has 6 aromatic carbocycles. The van der Waals surface area contributed by atoms with E-state index in [0.29, 0.717) is 0 Å². The number of anilines is 8. The number of rotatable bonds is 15. The zero-order chi connectivity index (χ0) is 39.7. The van der Waals surface area contributed by atoms with Gasteiger partial charge in [-0.3, -0.25) is 0 Å². The lowest BCUT2D eigenvalue weighted by Crippen LogP contribution is -2.13. The lowest BCUT2D eigenvalue weighted by molar-refractivity contribution is 0.590. The molecule has 0 amide bonds.